The lowest BCUT2D eigenvalue weighted by Gasteiger charge is -2.19. The maximum atomic E-state index is 14.3. The molecule has 1 heterocycles. The molecule has 4 N–H and O–H groups in total. The molecule has 11 heteroatoms. The van der Waals surface area contributed by atoms with E-state index in [2.05, 4.69) is 20.6 Å². The summed E-state index contributed by atoms with van der Waals surface area (Å²) in [6.45, 7) is 1.62. The number of primary sulfonamides is 1. The summed E-state index contributed by atoms with van der Waals surface area (Å²) in [7, 11) is -2.37. The minimum atomic E-state index is -3.90. The van der Waals surface area contributed by atoms with E-state index in [9.17, 15) is 12.8 Å². The number of nitrogens with zero attached hydrogens (tertiary/aromatic N) is 3. The summed E-state index contributed by atoms with van der Waals surface area (Å²) < 4.78 is 43.2. The number of nitrogens with one attached hydrogen (secondary N) is 2. The maximum Gasteiger partial charge on any atom is 0.238 e. The Morgan fingerprint density at radius 2 is 2.12 bits per heavy atom. The number of sulfonamides is 1. The van der Waals surface area contributed by atoms with E-state index in [-0.39, 0.29) is 23.1 Å². The third-order valence-corrected chi connectivity index (χ3v) is 5.61. The van der Waals surface area contributed by atoms with Gasteiger partial charge in [0, 0.05) is 18.5 Å². The molecule has 3 rings (SSSR count). The van der Waals surface area contributed by atoms with Gasteiger partial charge in [-0.15, -0.1) is 0 Å². The quantitative estimate of drug-likeness (QED) is 0.577. The first kappa shape index (κ1) is 23.1. The van der Waals surface area contributed by atoms with Crippen molar-refractivity contribution in [2.75, 3.05) is 17.7 Å². The molecule has 2 aromatic rings. The average molecular weight is 457 g/mol. The predicted octanol–water partition coefficient (Wildman–Crippen LogP) is 3.04. The standard InChI is InChI=1S/C21H21FN6O3S/c1-13-5-7-16(11-19(13)32(24,29)30)27-21-25-12-17(22)20(28-21)26-15-8-6-14(4-3-9-23)18(10-15)31-2/h4-8,10-12,18H,3H2,1-2H3,(H2,24,29,30)(H2,25,26,27,28). The van der Waals surface area contributed by atoms with Crippen LogP contribution in [0.25, 0.3) is 0 Å². The van der Waals surface area contributed by atoms with Gasteiger partial charge in [-0.3, -0.25) is 0 Å². The molecular formula is C21H21FN6O3S. The Labute approximate surface area is 185 Å². The van der Waals surface area contributed by atoms with Gasteiger partial charge in [0.25, 0.3) is 0 Å². The van der Waals surface area contributed by atoms with Gasteiger partial charge >= 0.3 is 0 Å². The third-order valence-electron chi connectivity index (χ3n) is 4.56. The Kier molecular flexibility index (Phi) is 6.99. The maximum absolute atomic E-state index is 14.3. The fourth-order valence-corrected chi connectivity index (χ4v) is 3.80. The number of nitriles is 1. The van der Waals surface area contributed by atoms with Crippen LogP contribution >= 0.6 is 0 Å². The molecule has 1 aliphatic carbocycles. The van der Waals surface area contributed by atoms with Crippen LogP contribution in [0.4, 0.5) is 21.8 Å². The number of ether oxygens (including phenoxy) is 1. The van der Waals surface area contributed by atoms with Crippen LogP contribution in [0.3, 0.4) is 0 Å². The largest absolute Gasteiger partial charge is 0.373 e. The molecule has 0 amide bonds. The van der Waals surface area contributed by atoms with Gasteiger partial charge in [-0.25, -0.2) is 22.9 Å². The Bertz CT molecular complexity index is 1260. The molecule has 9 nitrogen and oxygen atoms in total. The molecule has 0 radical (unpaired) electrons. The van der Waals surface area contributed by atoms with Crippen molar-refractivity contribution in [1.29, 1.82) is 5.26 Å². The number of hydrogen-bond acceptors (Lipinski definition) is 8. The summed E-state index contributed by atoms with van der Waals surface area (Å²) in [5.74, 6) is -0.716. The summed E-state index contributed by atoms with van der Waals surface area (Å²) in [5.41, 5.74) is 2.23. The Balaban J connectivity index is 1.82. The highest BCUT2D eigenvalue weighted by Gasteiger charge is 2.16. The number of halogens is 1. The van der Waals surface area contributed by atoms with E-state index in [1.165, 1.54) is 13.2 Å². The molecule has 0 fully saturated rings. The summed E-state index contributed by atoms with van der Waals surface area (Å²) in [6.07, 6.45) is 7.81. The Hall–Kier alpha value is -3.59. The minimum Gasteiger partial charge on any atom is -0.373 e. The van der Waals surface area contributed by atoms with E-state index in [0.717, 1.165) is 11.8 Å². The number of anilines is 3. The second kappa shape index (κ2) is 9.69. The van der Waals surface area contributed by atoms with Crippen molar-refractivity contribution in [3.8, 4) is 6.07 Å². The lowest BCUT2D eigenvalue weighted by Crippen LogP contribution is -2.16. The fourth-order valence-electron chi connectivity index (χ4n) is 3.00. The number of allylic oxidation sites excluding steroid dienone is 2. The van der Waals surface area contributed by atoms with E-state index < -0.39 is 21.9 Å². The van der Waals surface area contributed by atoms with Crippen LogP contribution < -0.4 is 15.8 Å². The molecule has 0 bridgehead atoms. The van der Waals surface area contributed by atoms with Crippen molar-refractivity contribution >= 4 is 27.5 Å². The highest BCUT2D eigenvalue weighted by molar-refractivity contribution is 7.89. The van der Waals surface area contributed by atoms with Gasteiger partial charge in [0.15, 0.2) is 11.6 Å². The SMILES string of the molecule is COC1C=C(Nc2nc(Nc3ccc(C)c(S(N)(=O)=O)c3)ncc2F)C=CC1=CCC#N. The summed E-state index contributed by atoms with van der Waals surface area (Å²) in [6, 6.07) is 6.62. The number of aryl methyl sites for hydroxylation is 1. The van der Waals surface area contributed by atoms with Crippen LogP contribution in [0, 0.1) is 24.1 Å². The van der Waals surface area contributed by atoms with Gasteiger partial charge in [-0.05, 0) is 42.3 Å². The highest BCUT2D eigenvalue weighted by atomic mass is 32.2. The number of benzene rings is 1. The van der Waals surface area contributed by atoms with Crippen LogP contribution in [-0.2, 0) is 14.8 Å². The van der Waals surface area contributed by atoms with Crippen molar-refractivity contribution in [2.45, 2.75) is 24.3 Å². The zero-order chi connectivity index (χ0) is 23.3. The van der Waals surface area contributed by atoms with E-state index in [0.29, 0.717) is 16.9 Å². The second-order valence-electron chi connectivity index (χ2n) is 6.84. The summed E-state index contributed by atoms with van der Waals surface area (Å²) >= 11 is 0. The van der Waals surface area contributed by atoms with Crippen molar-refractivity contribution in [3.05, 3.63) is 71.4 Å². The third kappa shape index (κ3) is 5.55. The van der Waals surface area contributed by atoms with Gasteiger partial charge in [-0.1, -0.05) is 18.2 Å². The van der Waals surface area contributed by atoms with Crippen LogP contribution in [0.5, 0.6) is 0 Å². The molecule has 0 spiro atoms. The highest BCUT2D eigenvalue weighted by Crippen LogP contribution is 2.24. The molecule has 32 heavy (non-hydrogen) atoms. The molecule has 166 valence electrons. The van der Waals surface area contributed by atoms with Gasteiger partial charge < -0.3 is 15.4 Å². The summed E-state index contributed by atoms with van der Waals surface area (Å²) in [5, 5.41) is 19.7. The zero-order valence-corrected chi connectivity index (χ0v) is 18.1. The van der Waals surface area contributed by atoms with Crippen molar-refractivity contribution in [2.24, 2.45) is 5.14 Å². The molecule has 1 unspecified atom stereocenters. The Morgan fingerprint density at radius 3 is 2.81 bits per heavy atom. The normalized spacial score (nSPS) is 17.0. The van der Waals surface area contributed by atoms with Crippen molar-refractivity contribution in [3.63, 3.8) is 0 Å². The first-order valence-electron chi connectivity index (χ1n) is 9.41. The zero-order valence-electron chi connectivity index (χ0n) is 17.3. The number of nitrogens with two attached hydrogens (primary N) is 1. The predicted molar refractivity (Wildman–Crippen MR) is 118 cm³/mol. The topological polar surface area (TPSA) is 143 Å². The Morgan fingerprint density at radius 1 is 1.34 bits per heavy atom. The molecule has 1 aliphatic rings. The minimum absolute atomic E-state index is 0.0358. The molecule has 0 saturated heterocycles. The number of methoxy groups -OCH3 is 1. The average Bonchev–Trinajstić information content (AvgIpc) is 2.75. The first-order chi connectivity index (χ1) is 15.2. The molecule has 1 atom stereocenters. The molecule has 0 saturated carbocycles. The fraction of sp³-hybridized carbons (Fsp3) is 0.190. The van der Waals surface area contributed by atoms with Gasteiger partial charge in [0.2, 0.25) is 16.0 Å². The van der Waals surface area contributed by atoms with Gasteiger partial charge in [-0.2, -0.15) is 10.2 Å². The van der Waals surface area contributed by atoms with E-state index in [4.69, 9.17) is 15.1 Å². The van der Waals surface area contributed by atoms with Crippen molar-refractivity contribution < 1.29 is 17.5 Å². The first-order valence-corrected chi connectivity index (χ1v) is 11.0. The lowest BCUT2D eigenvalue weighted by atomic mass is 10.0. The van der Waals surface area contributed by atoms with Crippen LogP contribution in [0.1, 0.15) is 12.0 Å². The number of rotatable bonds is 7. The molecule has 1 aromatic heterocycles. The van der Waals surface area contributed by atoms with Crippen LogP contribution in [0.2, 0.25) is 0 Å². The van der Waals surface area contributed by atoms with Gasteiger partial charge in [0.1, 0.15) is 6.10 Å². The monoisotopic (exact) mass is 456 g/mol. The second-order valence-corrected chi connectivity index (χ2v) is 8.37. The lowest BCUT2D eigenvalue weighted by molar-refractivity contribution is 0.170. The van der Waals surface area contributed by atoms with Crippen LogP contribution in [0.15, 0.2) is 64.9 Å². The van der Waals surface area contributed by atoms with Crippen LogP contribution in [-0.4, -0.2) is 31.6 Å². The van der Waals surface area contributed by atoms with Gasteiger partial charge in [0.05, 0.1) is 23.6 Å². The van der Waals surface area contributed by atoms with Crippen molar-refractivity contribution in [1.82, 2.24) is 9.97 Å². The van der Waals surface area contributed by atoms with E-state index in [1.54, 1.807) is 43.4 Å². The molecule has 0 aliphatic heterocycles. The smallest absolute Gasteiger partial charge is 0.238 e. The number of hydrogen-bond donors (Lipinski definition) is 3. The van der Waals surface area contributed by atoms with E-state index in [1.807, 2.05) is 6.07 Å². The summed E-state index contributed by atoms with van der Waals surface area (Å²) in [4.78, 5) is 8.00. The van der Waals surface area contributed by atoms with E-state index >= 15 is 0 Å². The molecule has 1 aromatic carbocycles. The number of aromatic nitrogens is 2. The molecular weight excluding hydrogens is 435 g/mol.